The van der Waals surface area contributed by atoms with Crippen molar-refractivity contribution in [3.05, 3.63) is 113 Å². The molecule has 4 aliphatic rings. The number of rotatable bonds is 24. The number of ether oxygens (including phenoxy) is 6. The average molecular weight is 1010 g/mol. The number of nitrogens with two attached hydrogens (primary N) is 1. The highest BCUT2D eigenvalue weighted by Crippen LogP contribution is 2.28. The zero-order valence-electron chi connectivity index (χ0n) is 40.7. The van der Waals surface area contributed by atoms with Crippen LogP contribution in [-0.4, -0.2) is 158 Å². The van der Waals surface area contributed by atoms with Crippen molar-refractivity contribution in [2.75, 3.05) is 91.1 Å². The number of nitrogens with zero attached hydrogens (tertiary/aromatic N) is 5. The fraction of sp³-hybridized carbons (Fsp3) is 0.451. The summed E-state index contributed by atoms with van der Waals surface area (Å²) in [4.78, 5) is 66.5. The number of fused-ring (bicyclic) bond motifs is 1. The molecule has 0 radical (unpaired) electrons. The van der Waals surface area contributed by atoms with Gasteiger partial charge in [0.2, 0.25) is 11.8 Å². The number of amides is 5. The van der Waals surface area contributed by atoms with Crippen molar-refractivity contribution in [3.8, 4) is 11.5 Å². The normalized spacial score (nSPS) is 19.0. The minimum absolute atomic E-state index is 0.00730. The number of primary amides is 1. The first-order chi connectivity index (χ1) is 35.6. The maximum atomic E-state index is 13.4. The number of piperidine rings is 2. The monoisotopic (exact) mass is 1010 g/mol. The molecule has 3 fully saturated rings. The summed E-state index contributed by atoms with van der Waals surface area (Å²) in [6, 6.07) is 21.0. The van der Waals surface area contributed by atoms with Crippen molar-refractivity contribution >= 4 is 40.9 Å². The number of anilines is 1. The molecule has 4 aliphatic heterocycles. The van der Waals surface area contributed by atoms with Crippen LogP contribution in [0.3, 0.4) is 0 Å². The summed E-state index contributed by atoms with van der Waals surface area (Å²) in [6.45, 7) is 6.09. The Labute approximate surface area is 422 Å². The van der Waals surface area contributed by atoms with Crippen molar-refractivity contribution in [2.24, 2.45) is 11.7 Å². The van der Waals surface area contributed by atoms with Crippen LogP contribution in [0, 0.1) is 11.3 Å². The van der Waals surface area contributed by atoms with Crippen LogP contribution in [0.2, 0.25) is 0 Å². The van der Waals surface area contributed by atoms with Gasteiger partial charge in [-0.25, -0.2) is 4.68 Å². The molecule has 0 aliphatic carbocycles. The maximum absolute atomic E-state index is 13.4. The van der Waals surface area contributed by atoms with Gasteiger partial charge in [0.05, 0.1) is 77.9 Å². The first-order valence-corrected chi connectivity index (χ1v) is 24.7. The zero-order valence-corrected chi connectivity index (χ0v) is 40.7. The number of likely N-dealkylation sites (tertiary alicyclic amines) is 1. The van der Waals surface area contributed by atoms with E-state index in [9.17, 15) is 24.0 Å². The first kappa shape index (κ1) is 52.1. The van der Waals surface area contributed by atoms with Crippen LogP contribution in [0.25, 0.3) is 0 Å². The second kappa shape index (κ2) is 25.9. The van der Waals surface area contributed by atoms with Crippen LogP contribution < -0.4 is 31.7 Å². The Morgan fingerprint density at radius 3 is 2.25 bits per heavy atom. The van der Waals surface area contributed by atoms with Crippen LogP contribution >= 0.6 is 0 Å². The van der Waals surface area contributed by atoms with Gasteiger partial charge < -0.3 is 59.9 Å². The van der Waals surface area contributed by atoms with Gasteiger partial charge in [0.15, 0.2) is 5.69 Å². The lowest BCUT2D eigenvalue weighted by atomic mass is 9.86. The van der Waals surface area contributed by atoms with E-state index in [0.29, 0.717) is 120 Å². The van der Waals surface area contributed by atoms with Crippen LogP contribution in [0.4, 0.5) is 5.69 Å². The third kappa shape index (κ3) is 14.3. The minimum atomic E-state index is -0.746. The molecule has 388 valence electrons. The second-order valence-electron chi connectivity index (χ2n) is 17.9. The maximum Gasteiger partial charge on any atom is 0.276 e. The number of para-hydroxylation sites is 1. The fourth-order valence-corrected chi connectivity index (χ4v) is 9.08. The Morgan fingerprint density at radius 1 is 0.836 bits per heavy atom. The fourth-order valence-electron chi connectivity index (χ4n) is 9.08. The molecule has 1 aromatic heterocycles. The lowest BCUT2D eigenvalue weighted by molar-refractivity contribution is -0.138. The lowest BCUT2D eigenvalue weighted by Gasteiger charge is -2.39. The molecule has 5 amide bonds. The average Bonchev–Trinajstić information content (AvgIpc) is 3.82. The van der Waals surface area contributed by atoms with Gasteiger partial charge >= 0.3 is 0 Å². The summed E-state index contributed by atoms with van der Waals surface area (Å²) in [7, 11) is 0. The summed E-state index contributed by atoms with van der Waals surface area (Å²) >= 11 is 0. The van der Waals surface area contributed by atoms with Gasteiger partial charge in [-0.2, -0.15) is 0 Å². The summed E-state index contributed by atoms with van der Waals surface area (Å²) in [5.74, 6) is -0.0211. The predicted molar refractivity (Wildman–Crippen MR) is 264 cm³/mol. The molecule has 8 rings (SSSR count). The molecular weight excluding hydrogens is 943 g/mol. The molecule has 3 saturated heterocycles. The smallest absolute Gasteiger partial charge is 0.276 e. The van der Waals surface area contributed by atoms with Crippen LogP contribution in [-0.2, 0) is 51.2 Å². The first-order valence-electron chi connectivity index (χ1n) is 24.7. The van der Waals surface area contributed by atoms with E-state index in [0.717, 1.165) is 24.9 Å². The molecule has 7 N–H and O–H groups in total. The van der Waals surface area contributed by atoms with Gasteiger partial charge in [-0.1, -0.05) is 23.4 Å². The van der Waals surface area contributed by atoms with Gasteiger partial charge in [0.1, 0.15) is 35.7 Å². The molecule has 4 aromatic rings. The molecule has 73 heavy (non-hydrogen) atoms. The zero-order chi connectivity index (χ0) is 50.9. The molecule has 0 bridgehead atoms. The second-order valence-corrected chi connectivity index (χ2v) is 17.9. The van der Waals surface area contributed by atoms with Crippen LogP contribution in [0.15, 0.2) is 90.4 Å². The standard InChI is InChI=1S/C51H63N11O11/c52-46(35-6-9-39(10-7-35)73-38-4-2-1-3-5-38)45(47(53)64)48-55-17-14-41(56-48)34-15-19-60(20-16-34)51(67)42-31-61(59-58-42)21-23-69-25-27-71-29-28-70-26-24-68-22-18-54-37-8-11-40-36(30-37)32-72-33-62(50(40)66)43-12-13-44(63)57-49(43)65/h1-11,30-31,34,41,43,52,54-56H,12-29,32-33H2,(H2,53,64)(H,57,63,65)/b48-45+,52-46?/t41-,43?/m0/s1. The summed E-state index contributed by atoms with van der Waals surface area (Å²) in [5.41, 5.74) is 8.74. The van der Waals surface area contributed by atoms with Crippen molar-refractivity contribution in [3.63, 3.8) is 0 Å². The van der Waals surface area contributed by atoms with Crippen molar-refractivity contribution in [1.29, 1.82) is 5.41 Å². The van der Waals surface area contributed by atoms with Gasteiger partial charge in [0.25, 0.3) is 17.7 Å². The molecule has 3 aromatic carbocycles. The molecule has 22 nitrogen and oxygen atoms in total. The Morgan fingerprint density at radius 2 is 1.53 bits per heavy atom. The Bertz CT molecular complexity index is 2580. The quantitative estimate of drug-likeness (QED) is 0.0255. The summed E-state index contributed by atoms with van der Waals surface area (Å²) in [5, 5.41) is 29.5. The third-order valence-electron chi connectivity index (χ3n) is 12.9. The number of nitrogens with one attached hydrogen (secondary N) is 5. The number of aromatic nitrogens is 3. The highest BCUT2D eigenvalue weighted by atomic mass is 16.6. The number of carbonyl (C=O) groups excluding carboxylic acids is 5. The Balaban J connectivity index is 0.647. The molecule has 0 saturated carbocycles. The number of carbonyl (C=O) groups is 5. The number of hydrogen-bond acceptors (Lipinski definition) is 17. The molecule has 5 heterocycles. The van der Waals surface area contributed by atoms with Gasteiger partial charge in [-0.05, 0) is 91.8 Å². The van der Waals surface area contributed by atoms with E-state index in [2.05, 4.69) is 31.6 Å². The van der Waals surface area contributed by atoms with E-state index < -0.39 is 17.9 Å². The van der Waals surface area contributed by atoms with E-state index in [1.807, 2.05) is 36.4 Å². The molecule has 1 unspecified atom stereocenters. The summed E-state index contributed by atoms with van der Waals surface area (Å²) in [6.07, 6.45) is 4.40. The Hall–Kier alpha value is -7.24. The van der Waals surface area contributed by atoms with E-state index >= 15 is 0 Å². The molecule has 0 spiro atoms. The van der Waals surface area contributed by atoms with Crippen molar-refractivity contribution < 1.29 is 52.4 Å². The molecular formula is C51H63N11O11. The van der Waals surface area contributed by atoms with Gasteiger partial charge in [0, 0.05) is 55.5 Å². The topological polar surface area (TPSA) is 276 Å². The van der Waals surface area contributed by atoms with Crippen molar-refractivity contribution in [1.82, 2.24) is 40.7 Å². The minimum Gasteiger partial charge on any atom is -0.457 e. The van der Waals surface area contributed by atoms with E-state index in [1.54, 1.807) is 52.2 Å². The van der Waals surface area contributed by atoms with Crippen LogP contribution in [0.1, 0.15) is 64.1 Å². The summed E-state index contributed by atoms with van der Waals surface area (Å²) < 4.78 is 35.8. The third-order valence-corrected chi connectivity index (χ3v) is 12.9. The number of imide groups is 1. The van der Waals surface area contributed by atoms with Crippen molar-refractivity contribution in [2.45, 2.75) is 57.3 Å². The molecule has 22 heteroatoms. The number of benzene rings is 3. The highest BCUT2D eigenvalue weighted by molar-refractivity contribution is 6.26. The lowest BCUT2D eigenvalue weighted by Crippen LogP contribution is -2.54. The van der Waals surface area contributed by atoms with E-state index in [4.69, 9.17) is 39.6 Å². The van der Waals surface area contributed by atoms with E-state index in [-0.39, 0.29) is 72.8 Å². The predicted octanol–water partition coefficient (Wildman–Crippen LogP) is 2.55. The van der Waals surface area contributed by atoms with Gasteiger partial charge in [-0.3, -0.25) is 34.7 Å². The molecule has 2 atom stereocenters. The highest BCUT2D eigenvalue weighted by Gasteiger charge is 2.37. The SMILES string of the molecule is N=C(/C(C(N)=O)=C1/NCC[C@@H](C2CCN(C(=O)c3cn(CCOCCOCCOCCOCCNc4ccc5c(c4)COCN(C4CCC(=O)NC4=O)C5=O)nn3)CC2)N1)c1ccc(Oc2ccccc2)cc1. The largest absolute Gasteiger partial charge is 0.457 e. The number of hydrogen-bond donors (Lipinski definition) is 6. The van der Waals surface area contributed by atoms with Crippen LogP contribution in [0.5, 0.6) is 11.5 Å². The van der Waals surface area contributed by atoms with Gasteiger partial charge in [-0.15, -0.1) is 5.10 Å². The van der Waals surface area contributed by atoms with E-state index in [1.165, 1.54) is 4.90 Å². The Kier molecular flexibility index (Phi) is 18.5.